The van der Waals surface area contributed by atoms with Crippen LogP contribution in [0.2, 0.25) is 0 Å². The van der Waals surface area contributed by atoms with Crippen molar-refractivity contribution < 1.29 is 13.2 Å². The molecule has 7 heteroatoms. The van der Waals surface area contributed by atoms with Crippen LogP contribution < -0.4 is 0 Å². The van der Waals surface area contributed by atoms with E-state index >= 15 is 0 Å². The summed E-state index contributed by atoms with van der Waals surface area (Å²) in [5.74, 6) is 0.765. The summed E-state index contributed by atoms with van der Waals surface area (Å²) >= 11 is 1.41. The van der Waals surface area contributed by atoms with Gasteiger partial charge in [0.2, 0.25) is 0 Å². The molecule has 1 aliphatic heterocycles. The van der Waals surface area contributed by atoms with Crippen LogP contribution in [0.4, 0.5) is 13.2 Å². The van der Waals surface area contributed by atoms with E-state index in [4.69, 9.17) is 0 Å². The molecular formula is C16H12F3N3S. The van der Waals surface area contributed by atoms with E-state index in [1.807, 2.05) is 24.3 Å². The number of halogens is 3. The molecule has 2 aromatic heterocycles. The zero-order chi connectivity index (χ0) is 16.4. The van der Waals surface area contributed by atoms with Crippen molar-refractivity contribution >= 4 is 22.9 Å². The molecule has 3 nitrogen and oxygen atoms in total. The lowest BCUT2D eigenvalue weighted by Gasteiger charge is -2.22. The average molecular weight is 335 g/mol. The van der Waals surface area contributed by atoms with Gasteiger partial charge in [-0.1, -0.05) is 18.2 Å². The third-order valence-electron chi connectivity index (χ3n) is 4.13. The number of aromatic nitrogens is 3. The predicted molar refractivity (Wildman–Crippen MR) is 83.2 cm³/mol. The summed E-state index contributed by atoms with van der Waals surface area (Å²) in [6.07, 6.45) is -4.46. The number of fused-ring (bicyclic) bond motifs is 4. The summed E-state index contributed by atoms with van der Waals surface area (Å²) in [7, 11) is 1.69. The van der Waals surface area contributed by atoms with Crippen molar-refractivity contribution in [3.63, 3.8) is 0 Å². The molecule has 3 heterocycles. The first-order valence-electron chi connectivity index (χ1n) is 7.03. The first-order chi connectivity index (χ1) is 10.9. The van der Waals surface area contributed by atoms with Crippen LogP contribution in [0.5, 0.6) is 0 Å². The quantitative estimate of drug-likeness (QED) is 0.603. The number of benzene rings is 1. The predicted octanol–water partition coefficient (Wildman–Crippen LogP) is 4.57. The molecule has 0 aliphatic carbocycles. The number of imidazole rings is 1. The van der Waals surface area contributed by atoms with Gasteiger partial charge < -0.3 is 4.57 Å². The number of nitrogens with zero attached hydrogens (tertiary/aromatic N) is 3. The second-order valence-corrected chi connectivity index (χ2v) is 6.50. The Labute approximate surface area is 134 Å². The van der Waals surface area contributed by atoms with E-state index in [9.17, 15) is 13.2 Å². The fourth-order valence-corrected chi connectivity index (χ4v) is 4.01. The highest BCUT2D eigenvalue weighted by Crippen LogP contribution is 2.47. The molecule has 23 heavy (non-hydrogen) atoms. The van der Waals surface area contributed by atoms with Crippen molar-refractivity contribution in [3.05, 3.63) is 41.2 Å². The van der Waals surface area contributed by atoms with Crippen molar-refractivity contribution in [1.82, 2.24) is 14.5 Å². The first kappa shape index (κ1) is 14.6. The number of thioether (sulfide) groups is 1. The van der Waals surface area contributed by atoms with Gasteiger partial charge in [0, 0.05) is 28.8 Å². The molecule has 0 N–H and O–H groups in total. The second kappa shape index (κ2) is 4.74. The summed E-state index contributed by atoms with van der Waals surface area (Å²) in [6, 6.07) is 7.44. The molecule has 1 aliphatic rings. The molecule has 0 atom stereocenters. The van der Waals surface area contributed by atoms with Gasteiger partial charge in [0.05, 0.1) is 11.3 Å². The van der Waals surface area contributed by atoms with Crippen molar-refractivity contribution in [2.24, 2.45) is 7.05 Å². The van der Waals surface area contributed by atoms with Crippen LogP contribution in [0.25, 0.3) is 22.4 Å². The van der Waals surface area contributed by atoms with Gasteiger partial charge in [-0.05, 0) is 13.0 Å². The Bertz CT molecular complexity index is 944. The minimum atomic E-state index is -4.46. The highest BCUT2D eigenvalue weighted by Gasteiger charge is 2.40. The Morgan fingerprint density at radius 3 is 2.65 bits per heavy atom. The van der Waals surface area contributed by atoms with Crippen LogP contribution in [-0.4, -0.2) is 14.5 Å². The van der Waals surface area contributed by atoms with Crippen LogP contribution in [0, 0.1) is 6.92 Å². The van der Waals surface area contributed by atoms with Crippen LogP contribution in [0.3, 0.4) is 0 Å². The Hall–Kier alpha value is -2.02. The number of aryl methyl sites for hydroxylation is 2. The minimum absolute atomic E-state index is 0.0590. The number of hydrogen-bond acceptors (Lipinski definition) is 3. The van der Waals surface area contributed by atoms with Gasteiger partial charge in [-0.2, -0.15) is 13.2 Å². The topological polar surface area (TPSA) is 30.7 Å². The molecule has 1 aromatic carbocycles. The molecule has 118 valence electrons. The van der Waals surface area contributed by atoms with Gasteiger partial charge in [-0.25, -0.2) is 9.97 Å². The van der Waals surface area contributed by atoms with E-state index in [1.165, 1.54) is 11.8 Å². The van der Waals surface area contributed by atoms with Gasteiger partial charge in [-0.3, -0.25) is 0 Å². The number of pyridine rings is 1. The maximum atomic E-state index is 13.7. The maximum absolute atomic E-state index is 13.7. The lowest BCUT2D eigenvalue weighted by atomic mass is 10.00. The third-order valence-corrected chi connectivity index (χ3v) is 5.23. The van der Waals surface area contributed by atoms with Gasteiger partial charge in [0.1, 0.15) is 11.3 Å². The molecule has 0 bridgehead atoms. The number of hydrogen-bond donors (Lipinski definition) is 0. The molecule has 4 rings (SSSR count). The average Bonchev–Trinajstić information content (AvgIpc) is 2.78. The summed E-state index contributed by atoms with van der Waals surface area (Å²) in [6.45, 7) is 1.68. The Morgan fingerprint density at radius 1 is 1.17 bits per heavy atom. The number of alkyl halides is 3. The Balaban J connectivity index is 2.17. The van der Waals surface area contributed by atoms with E-state index in [1.54, 1.807) is 18.5 Å². The van der Waals surface area contributed by atoms with Crippen molar-refractivity contribution in [1.29, 1.82) is 0 Å². The molecule has 0 saturated heterocycles. The van der Waals surface area contributed by atoms with E-state index in [2.05, 4.69) is 9.97 Å². The number of rotatable bonds is 0. The summed E-state index contributed by atoms with van der Waals surface area (Å²) in [5, 5.41) is 0. The zero-order valence-corrected chi connectivity index (χ0v) is 13.2. The van der Waals surface area contributed by atoms with Crippen LogP contribution >= 0.6 is 11.8 Å². The maximum Gasteiger partial charge on any atom is 0.419 e. The molecule has 0 spiro atoms. The second-order valence-electron chi connectivity index (χ2n) is 5.49. The zero-order valence-electron chi connectivity index (χ0n) is 12.4. The molecule has 0 unspecified atom stereocenters. The molecule has 0 saturated carbocycles. The Kier molecular flexibility index (Phi) is 3.00. The highest BCUT2D eigenvalue weighted by atomic mass is 32.2. The smallest absolute Gasteiger partial charge is 0.316 e. The Morgan fingerprint density at radius 2 is 1.91 bits per heavy atom. The van der Waals surface area contributed by atoms with E-state index in [0.717, 1.165) is 10.5 Å². The van der Waals surface area contributed by atoms with Gasteiger partial charge >= 0.3 is 6.18 Å². The first-order valence-corrected chi connectivity index (χ1v) is 8.02. The lowest BCUT2D eigenvalue weighted by Crippen LogP contribution is -2.14. The fourth-order valence-electron chi connectivity index (χ4n) is 2.94. The van der Waals surface area contributed by atoms with Crippen LogP contribution in [0.15, 0.2) is 29.2 Å². The molecule has 0 radical (unpaired) electrons. The lowest BCUT2D eigenvalue weighted by molar-refractivity contribution is -0.136. The highest BCUT2D eigenvalue weighted by molar-refractivity contribution is 7.98. The van der Waals surface area contributed by atoms with Crippen molar-refractivity contribution in [2.45, 2.75) is 23.7 Å². The normalized spacial score (nSPS) is 14.0. The molecule has 0 amide bonds. The minimum Gasteiger partial charge on any atom is -0.316 e. The van der Waals surface area contributed by atoms with Gasteiger partial charge in [0.15, 0.2) is 5.65 Å². The van der Waals surface area contributed by atoms with Gasteiger partial charge in [-0.15, -0.1) is 11.8 Å². The van der Waals surface area contributed by atoms with Crippen LogP contribution in [-0.2, 0) is 19.0 Å². The SMILES string of the molecule is Cc1nc2c(C(F)(F)F)c3c(nc2n1C)-c1ccccc1SC3. The van der Waals surface area contributed by atoms with Crippen molar-refractivity contribution in [2.75, 3.05) is 0 Å². The van der Waals surface area contributed by atoms with Crippen LogP contribution in [0.1, 0.15) is 17.0 Å². The van der Waals surface area contributed by atoms with E-state index in [0.29, 0.717) is 11.5 Å². The molecule has 0 fully saturated rings. The molecule has 3 aromatic rings. The third kappa shape index (κ3) is 2.06. The van der Waals surface area contributed by atoms with E-state index < -0.39 is 11.7 Å². The standard InChI is InChI=1S/C16H12F3N3S/c1-8-20-14-12(16(17,18)19)10-7-23-11-6-4-3-5-9(11)13(10)21-15(14)22(8)2/h3-6H,7H2,1-2H3. The summed E-state index contributed by atoms with van der Waals surface area (Å²) < 4.78 is 42.8. The largest absolute Gasteiger partial charge is 0.419 e. The summed E-state index contributed by atoms with van der Waals surface area (Å²) in [5.41, 5.74) is 0.966. The molecular weight excluding hydrogens is 323 g/mol. The van der Waals surface area contributed by atoms with Crippen molar-refractivity contribution in [3.8, 4) is 11.3 Å². The fraction of sp³-hybridized carbons (Fsp3) is 0.250. The van der Waals surface area contributed by atoms with Gasteiger partial charge in [0.25, 0.3) is 0 Å². The summed E-state index contributed by atoms with van der Waals surface area (Å²) in [4.78, 5) is 9.61. The monoisotopic (exact) mass is 335 g/mol. The van der Waals surface area contributed by atoms with E-state index in [-0.39, 0.29) is 22.5 Å².